The number of allylic oxidation sites excluding steroid dienone is 1. The molecule has 3 atom stereocenters. The fourth-order valence-corrected chi connectivity index (χ4v) is 5.13. The molecule has 1 amide bonds. The molecule has 2 aliphatic rings. The van der Waals surface area contributed by atoms with Crippen molar-refractivity contribution in [1.29, 1.82) is 0 Å². The third-order valence-electron chi connectivity index (χ3n) is 6.84. The van der Waals surface area contributed by atoms with Crippen LogP contribution in [0.4, 0.5) is 0 Å². The number of nitrogens with zero attached hydrogens (tertiary/aromatic N) is 3. The van der Waals surface area contributed by atoms with Gasteiger partial charge in [-0.25, -0.2) is 0 Å². The molecule has 1 aliphatic carbocycles. The van der Waals surface area contributed by atoms with Crippen molar-refractivity contribution in [3.05, 3.63) is 12.3 Å². The van der Waals surface area contributed by atoms with Crippen LogP contribution >= 0.6 is 0 Å². The highest BCUT2D eigenvalue weighted by Gasteiger charge is 2.38. The molecule has 2 N–H and O–H groups in total. The van der Waals surface area contributed by atoms with Crippen LogP contribution in [0.2, 0.25) is 0 Å². The van der Waals surface area contributed by atoms with Gasteiger partial charge in [-0.3, -0.25) is 9.69 Å². The molecule has 1 saturated heterocycles. The first-order chi connectivity index (χ1) is 14.1. The SMILES string of the molecule is C/C=C\N(C)CCN(CC)CC1CCCN1C(O)C(NC=O)C1CCCCCC1. The van der Waals surface area contributed by atoms with Crippen LogP contribution in [0.15, 0.2) is 12.3 Å². The Morgan fingerprint density at radius 3 is 2.48 bits per heavy atom. The predicted octanol–water partition coefficient (Wildman–Crippen LogP) is 2.64. The maximum absolute atomic E-state index is 11.3. The second-order valence-corrected chi connectivity index (χ2v) is 8.87. The Bertz CT molecular complexity index is 479. The number of amides is 1. The molecule has 29 heavy (non-hydrogen) atoms. The topological polar surface area (TPSA) is 59.1 Å². The molecule has 1 saturated carbocycles. The molecule has 2 rings (SSSR count). The minimum Gasteiger partial charge on any atom is -0.379 e. The van der Waals surface area contributed by atoms with Crippen LogP contribution in [-0.4, -0.2) is 84.3 Å². The van der Waals surface area contributed by atoms with Gasteiger partial charge < -0.3 is 20.2 Å². The number of nitrogens with one attached hydrogen (secondary N) is 1. The Balaban J connectivity index is 1.97. The van der Waals surface area contributed by atoms with Gasteiger partial charge in [0.2, 0.25) is 6.41 Å². The van der Waals surface area contributed by atoms with E-state index in [0.717, 1.165) is 64.8 Å². The van der Waals surface area contributed by atoms with Gasteiger partial charge in [0.15, 0.2) is 0 Å². The van der Waals surface area contributed by atoms with E-state index < -0.39 is 6.23 Å². The van der Waals surface area contributed by atoms with Crippen LogP contribution < -0.4 is 5.32 Å². The van der Waals surface area contributed by atoms with Gasteiger partial charge in [-0.2, -0.15) is 0 Å². The Kier molecular flexibility index (Phi) is 11.0. The molecule has 1 aliphatic heterocycles. The fraction of sp³-hybridized carbons (Fsp3) is 0.870. The summed E-state index contributed by atoms with van der Waals surface area (Å²) in [7, 11) is 2.11. The molecule has 0 radical (unpaired) electrons. The molecule has 3 unspecified atom stereocenters. The summed E-state index contributed by atoms with van der Waals surface area (Å²) >= 11 is 0. The van der Waals surface area contributed by atoms with Crippen LogP contribution in [0.5, 0.6) is 0 Å². The van der Waals surface area contributed by atoms with Crippen LogP contribution in [-0.2, 0) is 4.79 Å². The maximum atomic E-state index is 11.3. The highest BCUT2D eigenvalue weighted by molar-refractivity contribution is 5.47. The highest BCUT2D eigenvalue weighted by atomic mass is 16.3. The average Bonchev–Trinajstić information content (AvgIpc) is 3.01. The molecule has 2 fully saturated rings. The number of aliphatic hydroxyl groups is 1. The van der Waals surface area contributed by atoms with Crippen molar-refractivity contribution >= 4 is 6.41 Å². The van der Waals surface area contributed by atoms with Crippen molar-refractivity contribution < 1.29 is 9.90 Å². The number of aliphatic hydroxyl groups excluding tert-OH is 1. The van der Waals surface area contributed by atoms with Gasteiger partial charge in [0.05, 0.1) is 6.04 Å². The lowest BCUT2D eigenvalue weighted by Crippen LogP contribution is -2.56. The summed E-state index contributed by atoms with van der Waals surface area (Å²) < 4.78 is 0. The molecule has 168 valence electrons. The highest BCUT2D eigenvalue weighted by Crippen LogP contribution is 2.30. The average molecular weight is 409 g/mol. The quantitative estimate of drug-likeness (QED) is 0.384. The van der Waals surface area contributed by atoms with E-state index in [1.165, 1.54) is 25.7 Å². The summed E-state index contributed by atoms with van der Waals surface area (Å²) in [5.41, 5.74) is 0. The minimum absolute atomic E-state index is 0.151. The van der Waals surface area contributed by atoms with Crippen molar-refractivity contribution in [1.82, 2.24) is 20.0 Å². The summed E-state index contributed by atoms with van der Waals surface area (Å²) in [6.45, 7) is 9.21. The number of carbonyl (C=O) groups excluding carboxylic acids is 1. The summed E-state index contributed by atoms with van der Waals surface area (Å²) in [5, 5.41) is 14.3. The Morgan fingerprint density at radius 2 is 1.86 bits per heavy atom. The Hall–Kier alpha value is -1.11. The van der Waals surface area contributed by atoms with E-state index in [-0.39, 0.29) is 6.04 Å². The Morgan fingerprint density at radius 1 is 1.14 bits per heavy atom. The van der Waals surface area contributed by atoms with Crippen LogP contribution in [0.1, 0.15) is 65.2 Å². The number of carbonyl (C=O) groups is 1. The fourth-order valence-electron chi connectivity index (χ4n) is 5.13. The van der Waals surface area contributed by atoms with Gasteiger partial charge in [0, 0.05) is 39.3 Å². The monoisotopic (exact) mass is 408 g/mol. The molecule has 0 aromatic heterocycles. The van der Waals surface area contributed by atoms with Crippen molar-refractivity contribution in [2.24, 2.45) is 5.92 Å². The second-order valence-electron chi connectivity index (χ2n) is 8.87. The molecule has 0 bridgehead atoms. The number of rotatable bonds is 12. The zero-order chi connectivity index (χ0) is 21.1. The van der Waals surface area contributed by atoms with Gasteiger partial charge in [0.1, 0.15) is 6.23 Å². The zero-order valence-corrected chi connectivity index (χ0v) is 18.9. The van der Waals surface area contributed by atoms with Gasteiger partial charge in [-0.1, -0.05) is 38.7 Å². The largest absolute Gasteiger partial charge is 0.379 e. The third kappa shape index (κ3) is 7.58. The van der Waals surface area contributed by atoms with Crippen LogP contribution in [0.25, 0.3) is 0 Å². The van der Waals surface area contributed by atoms with E-state index >= 15 is 0 Å². The molecule has 0 aromatic carbocycles. The molecule has 6 nitrogen and oxygen atoms in total. The van der Waals surface area contributed by atoms with E-state index in [0.29, 0.717) is 12.0 Å². The summed E-state index contributed by atoms with van der Waals surface area (Å²) in [6, 6.07) is 0.209. The number of hydrogen-bond donors (Lipinski definition) is 2. The maximum Gasteiger partial charge on any atom is 0.207 e. The van der Waals surface area contributed by atoms with Crippen molar-refractivity contribution in [3.8, 4) is 0 Å². The summed E-state index contributed by atoms with van der Waals surface area (Å²) in [5.74, 6) is 0.385. The molecule has 0 aromatic rings. The molecular formula is C23H44N4O2. The lowest BCUT2D eigenvalue weighted by molar-refractivity contribution is -0.114. The molecule has 6 heteroatoms. The molecular weight excluding hydrogens is 364 g/mol. The normalized spacial score (nSPS) is 24.0. The van der Waals surface area contributed by atoms with Gasteiger partial charge in [-0.05, 0) is 51.3 Å². The van der Waals surface area contributed by atoms with Crippen molar-refractivity contribution in [2.75, 3.05) is 39.8 Å². The lowest BCUT2D eigenvalue weighted by atomic mass is 9.90. The molecule has 1 heterocycles. The zero-order valence-electron chi connectivity index (χ0n) is 18.9. The first-order valence-electron chi connectivity index (χ1n) is 11.8. The lowest BCUT2D eigenvalue weighted by Gasteiger charge is -2.39. The third-order valence-corrected chi connectivity index (χ3v) is 6.84. The van der Waals surface area contributed by atoms with Gasteiger partial charge in [-0.15, -0.1) is 0 Å². The first kappa shape index (κ1) is 24.2. The van der Waals surface area contributed by atoms with Gasteiger partial charge >= 0.3 is 0 Å². The Labute approximate surface area is 178 Å². The smallest absolute Gasteiger partial charge is 0.207 e. The van der Waals surface area contributed by atoms with Crippen LogP contribution in [0, 0.1) is 5.92 Å². The first-order valence-corrected chi connectivity index (χ1v) is 11.8. The standard InChI is InChI=1S/C23H44N4O2/c1-4-14-25(3)16-17-26(5-2)18-21-13-10-15-27(21)23(29)22(24-19-28)20-11-8-6-7-9-12-20/h4,14,19-23,29H,5-13,15-18H2,1-3H3,(H,24,28)/b14-4-. The van der Waals surface area contributed by atoms with E-state index in [1.807, 2.05) is 6.92 Å². The minimum atomic E-state index is -0.583. The van der Waals surface area contributed by atoms with E-state index in [1.54, 1.807) is 0 Å². The number of likely N-dealkylation sites (tertiary alicyclic amines) is 1. The van der Waals surface area contributed by atoms with Crippen molar-refractivity contribution in [3.63, 3.8) is 0 Å². The number of likely N-dealkylation sites (N-methyl/N-ethyl adjacent to an activating group) is 2. The number of hydrogen-bond acceptors (Lipinski definition) is 5. The van der Waals surface area contributed by atoms with E-state index in [9.17, 15) is 9.90 Å². The summed E-state index contributed by atoms with van der Waals surface area (Å²) in [6.07, 6.45) is 13.8. The van der Waals surface area contributed by atoms with Crippen molar-refractivity contribution in [2.45, 2.75) is 83.5 Å². The predicted molar refractivity (Wildman–Crippen MR) is 119 cm³/mol. The van der Waals surface area contributed by atoms with E-state index in [2.05, 4.69) is 46.3 Å². The molecule has 0 spiro atoms. The van der Waals surface area contributed by atoms with Crippen LogP contribution in [0.3, 0.4) is 0 Å². The van der Waals surface area contributed by atoms with E-state index in [4.69, 9.17) is 0 Å². The summed E-state index contributed by atoms with van der Waals surface area (Å²) in [4.78, 5) is 18.3. The van der Waals surface area contributed by atoms with Gasteiger partial charge in [0.25, 0.3) is 0 Å². The second kappa shape index (κ2) is 13.2.